The minimum absolute atomic E-state index is 0.0809. The fourth-order valence-corrected chi connectivity index (χ4v) is 1.97. The molecule has 7 nitrogen and oxygen atoms in total. The first kappa shape index (κ1) is 17.9. The van der Waals surface area contributed by atoms with Gasteiger partial charge >= 0.3 is 22.1 Å². The van der Waals surface area contributed by atoms with Crippen LogP contribution in [0.15, 0.2) is 11.0 Å². The number of hydrogen-bond acceptors (Lipinski definition) is 6. The second kappa shape index (κ2) is 6.75. The van der Waals surface area contributed by atoms with E-state index in [0.29, 0.717) is 0 Å². The van der Waals surface area contributed by atoms with Gasteiger partial charge in [0.1, 0.15) is 0 Å². The van der Waals surface area contributed by atoms with Gasteiger partial charge < -0.3 is 9.47 Å². The van der Waals surface area contributed by atoms with Crippen molar-refractivity contribution in [3.05, 3.63) is 23.5 Å². The molecule has 0 aliphatic rings. The second-order valence-electron chi connectivity index (χ2n) is 3.84. The van der Waals surface area contributed by atoms with Crippen LogP contribution in [0, 0.1) is 17.5 Å². The number of carbonyl (C=O) groups is 2. The van der Waals surface area contributed by atoms with Crippen molar-refractivity contribution in [3.8, 4) is 5.75 Å². The number of benzene rings is 1. The van der Waals surface area contributed by atoms with Crippen LogP contribution in [0.1, 0.15) is 12.8 Å². The van der Waals surface area contributed by atoms with Crippen molar-refractivity contribution in [3.63, 3.8) is 0 Å². The lowest BCUT2D eigenvalue weighted by atomic mass is 10.3. The van der Waals surface area contributed by atoms with Crippen molar-refractivity contribution in [2.45, 2.75) is 17.7 Å². The maximum atomic E-state index is 13.5. The lowest BCUT2D eigenvalue weighted by molar-refractivity contribution is -0.144. The molecule has 0 aliphatic heterocycles. The van der Waals surface area contributed by atoms with Gasteiger partial charge in [0, 0.05) is 6.07 Å². The maximum Gasteiger partial charge on any atom is 0.311 e. The minimum Gasteiger partial charge on any atom is -0.469 e. The van der Waals surface area contributed by atoms with E-state index in [0.717, 1.165) is 7.11 Å². The Morgan fingerprint density at radius 3 is 2.18 bits per heavy atom. The number of hydrogen-bond donors (Lipinski definition) is 1. The first-order chi connectivity index (χ1) is 10.1. The highest BCUT2D eigenvalue weighted by Gasteiger charge is 2.29. The van der Waals surface area contributed by atoms with Gasteiger partial charge in [0.05, 0.1) is 20.0 Å². The van der Waals surface area contributed by atoms with Gasteiger partial charge in [-0.1, -0.05) is 0 Å². The zero-order valence-corrected chi connectivity index (χ0v) is 11.7. The van der Waals surface area contributed by atoms with Crippen molar-refractivity contribution < 1.29 is 45.2 Å². The highest BCUT2D eigenvalue weighted by atomic mass is 32.2. The number of ether oxygens (including phenoxy) is 2. The molecular weight excluding hydrogens is 333 g/mol. The Morgan fingerprint density at radius 2 is 1.68 bits per heavy atom. The smallest absolute Gasteiger partial charge is 0.311 e. The predicted octanol–water partition coefficient (Wildman–Crippen LogP) is 1.21. The molecule has 1 N–H and O–H groups in total. The molecule has 1 rings (SSSR count). The molecule has 22 heavy (non-hydrogen) atoms. The van der Waals surface area contributed by atoms with E-state index in [4.69, 9.17) is 4.55 Å². The summed E-state index contributed by atoms with van der Waals surface area (Å²) < 4.78 is 78.9. The molecule has 0 aliphatic carbocycles. The van der Waals surface area contributed by atoms with Crippen molar-refractivity contribution in [1.82, 2.24) is 0 Å². The van der Waals surface area contributed by atoms with Crippen LogP contribution in [-0.2, 0) is 24.4 Å². The molecule has 1 aromatic carbocycles. The van der Waals surface area contributed by atoms with Gasteiger partial charge in [0.15, 0.2) is 22.3 Å². The second-order valence-corrected chi connectivity index (χ2v) is 5.20. The van der Waals surface area contributed by atoms with Crippen LogP contribution < -0.4 is 4.74 Å². The Balaban J connectivity index is 3.04. The summed E-state index contributed by atoms with van der Waals surface area (Å²) in [5, 5.41) is 0. The van der Waals surface area contributed by atoms with Gasteiger partial charge in [-0.15, -0.1) is 0 Å². The van der Waals surface area contributed by atoms with E-state index < -0.39 is 63.0 Å². The molecule has 1 aromatic rings. The highest BCUT2D eigenvalue weighted by molar-refractivity contribution is 7.85. The zero-order chi connectivity index (χ0) is 17.1. The summed E-state index contributed by atoms with van der Waals surface area (Å²) in [5.41, 5.74) is 0. The van der Waals surface area contributed by atoms with Crippen molar-refractivity contribution in [2.75, 3.05) is 7.11 Å². The number of esters is 2. The molecule has 0 aromatic heterocycles. The largest absolute Gasteiger partial charge is 0.469 e. The zero-order valence-electron chi connectivity index (χ0n) is 10.9. The number of halogens is 3. The molecule has 11 heteroatoms. The van der Waals surface area contributed by atoms with Gasteiger partial charge in [-0.2, -0.15) is 12.8 Å². The molecule has 0 unspecified atom stereocenters. The van der Waals surface area contributed by atoms with E-state index in [1.165, 1.54) is 0 Å². The van der Waals surface area contributed by atoms with Gasteiger partial charge in [-0.3, -0.25) is 14.1 Å². The number of methoxy groups -OCH3 is 1. The van der Waals surface area contributed by atoms with Crippen LogP contribution in [-0.4, -0.2) is 32.0 Å². The lowest BCUT2D eigenvalue weighted by Crippen LogP contribution is -2.14. The minimum atomic E-state index is -5.35. The summed E-state index contributed by atoms with van der Waals surface area (Å²) >= 11 is 0. The van der Waals surface area contributed by atoms with Gasteiger partial charge in [-0.05, 0) is 0 Å². The van der Waals surface area contributed by atoms with E-state index in [2.05, 4.69) is 9.47 Å². The van der Waals surface area contributed by atoms with Crippen LogP contribution in [0.5, 0.6) is 5.75 Å². The van der Waals surface area contributed by atoms with Crippen LogP contribution in [0.2, 0.25) is 0 Å². The summed E-state index contributed by atoms with van der Waals surface area (Å²) in [4.78, 5) is 20.2. The van der Waals surface area contributed by atoms with E-state index in [-0.39, 0.29) is 6.07 Å². The fraction of sp³-hybridized carbons (Fsp3) is 0.273. The molecule has 0 fully saturated rings. The molecule has 122 valence electrons. The predicted molar refractivity (Wildman–Crippen MR) is 63.0 cm³/mol. The topological polar surface area (TPSA) is 107 Å². The third-order valence-electron chi connectivity index (χ3n) is 2.33. The molecule has 0 saturated carbocycles. The Morgan fingerprint density at radius 1 is 1.14 bits per heavy atom. The van der Waals surface area contributed by atoms with Gasteiger partial charge in [-0.25, -0.2) is 8.78 Å². The van der Waals surface area contributed by atoms with Gasteiger partial charge in [0.2, 0.25) is 5.82 Å². The van der Waals surface area contributed by atoms with Crippen LogP contribution in [0.4, 0.5) is 13.2 Å². The standard InChI is InChI=1S/C11H9F3O7S/c1-20-7(15)2-3-8(16)21-6-4-5(12)11(22(17,18)19)10(14)9(6)13/h4H,2-3H2,1H3,(H,17,18,19). The number of rotatable bonds is 5. The van der Waals surface area contributed by atoms with Gasteiger partial charge in [0.25, 0.3) is 0 Å². The average Bonchev–Trinajstić information content (AvgIpc) is 2.40. The summed E-state index contributed by atoms with van der Waals surface area (Å²) in [7, 11) is -4.29. The van der Waals surface area contributed by atoms with E-state index in [1.807, 2.05) is 0 Å². The quantitative estimate of drug-likeness (QED) is 0.371. The Labute approximate surface area is 122 Å². The fourth-order valence-electron chi connectivity index (χ4n) is 1.35. The van der Waals surface area contributed by atoms with Crippen LogP contribution in [0.25, 0.3) is 0 Å². The first-order valence-corrected chi connectivity index (χ1v) is 6.94. The van der Waals surface area contributed by atoms with Crippen molar-refractivity contribution in [1.29, 1.82) is 0 Å². The van der Waals surface area contributed by atoms with Crippen molar-refractivity contribution >= 4 is 22.1 Å². The Hall–Kier alpha value is -2.14. The summed E-state index contributed by atoms with van der Waals surface area (Å²) in [6.07, 6.45) is -0.972. The maximum absolute atomic E-state index is 13.5. The third kappa shape index (κ3) is 4.18. The number of carbonyl (C=O) groups excluding carboxylic acids is 2. The SMILES string of the molecule is COC(=O)CCC(=O)Oc1cc(F)c(S(=O)(=O)O)c(F)c1F. The molecule has 0 bridgehead atoms. The molecule has 0 radical (unpaired) electrons. The molecule has 0 spiro atoms. The highest BCUT2D eigenvalue weighted by Crippen LogP contribution is 2.28. The normalized spacial score (nSPS) is 11.1. The van der Waals surface area contributed by atoms with Crippen LogP contribution in [0.3, 0.4) is 0 Å². The molecule has 0 atom stereocenters. The summed E-state index contributed by atoms with van der Waals surface area (Å²) in [6, 6.07) is 0.0809. The summed E-state index contributed by atoms with van der Waals surface area (Å²) in [5.74, 6) is -9.27. The van der Waals surface area contributed by atoms with E-state index in [1.54, 1.807) is 0 Å². The summed E-state index contributed by atoms with van der Waals surface area (Å²) in [6.45, 7) is 0. The van der Waals surface area contributed by atoms with Crippen molar-refractivity contribution in [2.24, 2.45) is 0 Å². The molecular formula is C11H9F3O7S. The first-order valence-electron chi connectivity index (χ1n) is 5.50. The third-order valence-corrected chi connectivity index (χ3v) is 3.22. The Kier molecular flexibility index (Phi) is 5.49. The van der Waals surface area contributed by atoms with Crippen LogP contribution >= 0.6 is 0 Å². The van der Waals surface area contributed by atoms with E-state index in [9.17, 15) is 31.2 Å². The average molecular weight is 342 g/mol. The van der Waals surface area contributed by atoms with E-state index >= 15 is 0 Å². The molecule has 0 heterocycles. The monoisotopic (exact) mass is 342 g/mol. The molecule has 0 amide bonds. The molecule has 0 saturated heterocycles. The lowest BCUT2D eigenvalue weighted by Gasteiger charge is -2.08. The Bertz CT molecular complexity index is 715.